The van der Waals surface area contributed by atoms with E-state index >= 15 is 0 Å². The highest BCUT2D eigenvalue weighted by Gasteiger charge is 2.19. The van der Waals surface area contributed by atoms with Crippen LogP contribution in [0.1, 0.15) is 28.4 Å². The number of carbonyl (C=O) groups is 2. The Morgan fingerprint density at radius 2 is 1.63 bits per heavy atom. The first-order chi connectivity index (χ1) is 14.6. The third-order valence-electron chi connectivity index (χ3n) is 4.41. The fourth-order valence-corrected chi connectivity index (χ4v) is 2.80. The van der Waals surface area contributed by atoms with Gasteiger partial charge in [0.15, 0.2) is 6.10 Å². The van der Waals surface area contributed by atoms with Crippen LogP contribution in [0.15, 0.2) is 78.9 Å². The van der Waals surface area contributed by atoms with E-state index in [2.05, 4.69) is 10.6 Å². The van der Waals surface area contributed by atoms with Crippen LogP contribution in [-0.2, 0) is 11.3 Å². The van der Waals surface area contributed by atoms with Gasteiger partial charge < -0.3 is 15.4 Å². The standard InChI is InChI=1S/C24H21N3O3/c1-17(23(28)27-21-13-7-5-11-19(21)15-25)30-22-14-8-6-12-20(22)24(29)26-16-18-9-3-2-4-10-18/h2-14,17H,16H2,1H3,(H,26,29)(H,27,28)/t17-/m0/s1. The van der Waals surface area contributed by atoms with Gasteiger partial charge in [0, 0.05) is 6.54 Å². The van der Waals surface area contributed by atoms with E-state index in [4.69, 9.17) is 10.00 Å². The molecule has 3 aromatic carbocycles. The van der Waals surface area contributed by atoms with Crippen LogP contribution in [0.5, 0.6) is 5.75 Å². The molecule has 0 bridgehead atoms. The van der Waals surface area contributed by atoms with Crippen molar-refractivity contribution in [1.82, 2.24) is 5.32 Å². The van der Waals surface area contributed by atoms with E-state index in [1.807, 2.05) is 36.4 Å². The summed E-state index contributed by atoms with van der Waals surface area (Å²) in [6.07, 6.45) is -0.875. The third kappa shape index (κ3) is 5.24. The van der Waals surface area contributed by atoms with Gasteiger partial charge in [-0.2, -0.15) is 5.26 Å². The number of nitriles is 1. The van der Waals surface area contributed by atoms with E-state index in [1.54, 1.807) is 55.5 Å². The monoisotopic (exact) mass is 399 g/mol. The molecular formula is C24H21N3O3. The Balaban J connectivity index is 1.67. The second-order valence-corrected chi connectivity index (χ2v) is 6.57. The fourth-order valence-electron chi connectivity index (χ4n) is 2.80. The van der Waals surface area contributed by atoms with Crippen molar-refractivity contribution in [3.8, 4) is 11.8 Å². The number of nitrogens with one attached hydrogen (secondary N) is 2. The molecule has 3 aromatic rings. The molecule has 0 heterocycles. The Morgan fingerprint density at radius 1 is 0.967 bits per heavy atom. The summed E-state index contributed by atoms with van der Waals surface area (Å²) >= 11 is 0. The second-order valence-electron chi connectivity index (χ2n) is 6.57. The molecule has 150 valence electrons. The van der Waals surface area contributed by atoms with Crippen molar-refractivity contribution in [1.29, 1.82) is 5.26 Å². The molecule has 3 rings (SSSR count). The third-order valence-corrected chi connectivity index (χ3v) is 4.41. The lowest BCUT2D eigenvalue weighted by Crippen LogP contribution is -2.31. The van der Waals surface area contributed by atoms with Crippen LogP contribution >= 0.6 is 0 Å². The molecule has 0 unspecified atom stereocenters. The van der Waals surface area contributed by atoms with Gasteiger partial charge >= 0.3 is 0 Å². The van der Waals surface area contributed by atoms with Crippen molar-refractivity contribution in [2.24, 2.45) is 0 Å². The predicted molar refractivity (Wildman–Crippen MR) is 114 cm³/mol. The maximum absolute atomic E-state index is 12.6. The van der Waals surface area contributed by atoms with Gasteiger partial charge in [0.2, 0.25) is 0 Å². The van der Waals surface area contributed by atoms with Crippen LogP contribution in [0.25, 0.3) is 0 Å². The Labute approximate surface area is 175 Å². The number of nitrogens with zero attached hydrogens (tertiary/aromatic N) is 1. The summed E-state index contributed by atoms with van der Waals surface area (Å²) in [5.74, 6) is -0.409. The number of hydrogen-bond donors (Lipinski definition) is 2. The number of hydrogen-bond acceptors (Lipinski definition) is 4. The van der Waals surface area contributed by atoms with Crippen LogP contribution in [0, 0.1) is 11.3 Å². The normalized spacial score (nSPS) is 11.1. The van der Waals surface area contributed by atoms with Crippen molar-refractivity contribution in [3.05, 3.63) is 95.6 Å². The molecule has 0 aliphatic rings. The first kappa shape index (κ1) is 20.6. The molecular weight excluding hydrogens is 378 g/mol. The number of amides is 2. The van der Waals surface area contributed by atoms with Crippen LogP contribution < -0.4 is 15.4 Å². The summed E-state index contributed by atoms with van der Waals surface area (Å²) in [6.45, 7) is 1.97. The van der Waals surface area contributed by atoms with Gasteiger partial charge in [-0.25, -0.2) is 0 Å². The molecule has 0 aliphatic heterocycles. The molecule has 2 N–H and O–H groups in total. The van der Waals surface area contributed by atoms with Gasteiger partial charge in [-0.3, -0.25) is 9.59 Å². The smallest absolute Gasteiger partial charge is 0.265 e. The number of anilines is 1. The lowest BCUT2D eigenvalue weighted by Gasteiger charge is -2.17. The largest absolute Gasteiger partial charge is 0.480 e. The van der Waals surface area contributed by atoms with E-state index in [0.29, 0.717) is 29.1 Å². The number of para-hydroxylation sites is 2. The minimum atomic E-state index is -0.875. The molecule has 30 heavy (non-hydrogen) atoms. The van der Waals surface area contributed by atoms with E-state index < -0.39 is 12.0 Å². The SMILES string of the molecule is C[C@H](Oc1ccccc1C(=O)NCc1ccccc1)C(=O)Nc1ccccc1C#N. The number of benzene rings is 3. The molecule has 0 aliphatic carbocycles. The topological polar surface area (TPSA) is 91.2 Å². The first-order valence-electron chi connectivity index (χ1n) is 9.46. The number of rotatable bonds is 7. The molecule has 6 heteroatoms. The average molecular weight is 399 g/mol. The van der Waals surface area contributed by atoms with Crippen molar-refractivity contribution in [2.75, 3.05) is 5.32 Å². The van der Waals surface area contributed by atoms with Gasteiger partial charge in [-0.1, -0.05) is 54.6 Å². The molecule has 0 aromatic heterocycles. The van der Waals surface area contributed by atoms with Gasteiger partial charge in [0.1, 0.15) is 11.8 Å². The summed E-state index contributed by atoms with van der Waals surface area (Å²) in [4.78, 5) is 25.2. The molecule has 0 saturated heterocycles. The van der Waals surface area contributed by atoms with Crippen LogP contribution in [-0.4, -0.2) is 17.9 Å². The lowest BCUT2D eigenvalue weighted by atomic mass is 10.1. The van der Waals surface area contributed by atoms with Crippen molar-refractivity contribution in [2.45, 2.75) is 19.6 Å². The van der Waals surface area contributed by atoms with Crippen LogP contribution in [0.2, 0.25) is 0 Å². The van der Waals surface area contributed by atoms with Crippen molar-refractivity contribution < 1.29 is 14.3 Å². The highest BCUT2D eigenvalue weighted by molar-refractivity contribution is 5.98. The Hall–Kier alpha value is -4.11. The average Bonchev–Trinajstić information content (AvgIpc) is 2.78. The minimum absolute atomic E-state index is 0.295. The fraction of sp³-hybridized carbons (Fsp3) is 0.125. The highest BCUT2D eigenvalue weighted by Crippen LogP contribution is 2.21. The molecule has 0 spiro atoms. The van der Waals surface area contributed by atoms with Gasteiger partial charge in [0.25, 0.3) is 11.8 Å². The molecule has 6 nitrogen and oxygen atoms in total. The van der Waals surface area contributed by atoms with Crippen LogP contribution in [0.4, 0.5) is 5.69 Å². The van der Waals surface area contributed by atoms with E-state index in [9.17, 15) is 9.59 Å². The summed E-state index contributed by atoms with van der Waals surface area (Å²) in [6, 6.07) is 25.1. The Morgan fingerprint density at radius 3 is 2.40 bits per heavy atom. The van der Waals surface area contributed by atoms with Gasteiger partial charge in [-0.05, 0) is 36.8 Å². The summed E-state index contributed by atoms with van der Waals surface area (Å²) in [5, 5.41) is 14.7. The second kappa shape index (κ2) is 9.89. The van der Waals surface area contributed by atoms with Gasteiger partial charge in [-0.15, -0.1) is 0 Å². The Kier molecular flexibility index (Phi) is 6.80. The summed E-state index contributed by atoms with van der Waals surface area (Å²) < 4.78 is 5.77. The maximum Gasteiger partial charge on any atom is 0.265 e. The number of ether oxygens (including phenoxy) is 1. The van der Waals surface area contributed by atoms with Crippen molar-refractivity contribution >= 4 is 17.5 Å². The Bertz CT molecular complexity index is 1070. The molecule has 0 saturated carbocycles. The maximum atomic E-state index is 12.6. The van der Waals surface area contributed by atoms with Crippen LogP contribution in [0.3, 0.4) is 0 Å². The number of carbonyl (C=O) groups excluding carboxylic acids is 2. The zero-order chi connectivity index (χ0) is 21.3. The molecule has 1 atom stereocenters. The van der Waals surface area contributed by atoms with Crippen molar-refractivity contribution in [3.63, 3.8) is 0 Å². The lowest BCUT2D eigenvalue weighted by molar-refractivity contribution is -0.122. The summed E-state index contributed by atoms with van der Waals surface area (Å²) in [5.41, 5.74) is 2.09. The van der Waals surface area contributed by atoms with E-state index in [-0.39, 0.29) is 5.91 Å². The van der Waals surface area contributed by atoms with E-state index in [0.717, 1.165) is 5.56 Å². The predicted octanol–water partition coefficient (Wildman–Crippen LogP) is 3.89. The molecule has 0 fully saturated rings. The molecule has 2 amide bonds. The zero-order valence-electron chi connectivity index (χ0n) is 16.5. The van der Waals surface area contributed by atoms with Gasteiger partial charge in [0.05, 0.1) is 16.8 Å². The zero-order valence-corrected chi connectivity index (χ0v) is 16.5. The minimum Gasteiger partial charge on any atom is -0.480 e. The van der Waals surface area contributed by atoms with E-state index in [1.165, 1.54) is 0 Å². The molecule has 0 radical (unpaired) electrons. The first-order valence-corrected chi connectivity index (χ1v) is 9.46. The highest BCUT2D eigenvalue weighted by atomic mass is 16.5. The summed E-state index contributed by atoms with van der Waals surface area (Å²) in [7, 11) is 0. The quantitative estimate of drug-likeness (QED) is 0.630.